The number of thiophene rings is 1. The zero-order valence-corrected chi connectivity index (χ0v) is 13.4. The fourth-order valence-corrected chi connectivity index (χ4v) is 4.72. The third kappa shape index (κ3) is 3.59. The summed E-state index contributed by atoms with van der Waals surface area (Å²) in [7, 11) is -3.87. The topological polar surface area (TPSA) is 105 Å². The Morgan fingerprint density at radius 2 is 2.05 bits per heavy atom. The largest absolute Gasteiger partial charge is 0.409 e. The number of halogens is 2. The van der Waals surface area contributed by atoms with Gasteiger partial charge in [-0.2, -0.15) is 0 Å². The van der Waals surface area contributed by atoms with Crippen LogP contribution in [-0.4, -0.2) is 19.5 Å². The highest BCUT2D eigenvalue weighted by molar-refractivity contribution is 7.93. The van der Waals surface area contributed by atoms with E-state index in [2.05, 4.69) is 9.88 Å². The molecule has 0 unspecified atom stereocenters. The Balaban J connectivity index is 2.35. The van der Waals surface area contributed by atoms with Gasteiger partial charge < -0.3 is 10.9 Å². The van der Waals surface area contributed by atoms with E-state index in [1.807, 2.05) is 0 Å². The van der Waals surface area contributed by atoms with E-state index >= 15 is 0 Å². The molecule has 2 aromatic rings. The van der Waals surface area contributed by atoms with Crippen LogP contribution in [0.1, 0.15) is 5.56 Å². The molecule has 1 heterocycles. The summed E-state index contributed by atoms with van der Waals surface area (Å²) in [6.07, 6.45) is 0. The number of nitrogens with two attached hydrogens (primary N) is 1. The molecule has 0 aliphatic heterocycles. The molecule has 0 aliphatic carbocycles. The van der Waals surface area contributed by atoms with Gasteiger partial charge in [0.15, 0.2) is 5.84 Å². The summed E-state index contributed by atoms with van der Waals surface area (Å²) >= 11 is 12.5. The second kappa shape index (κ2) is 6.10. The average molecular weight is 366 g/mol. The van der Waals surface area contributed by atoms with Gasteiger partial charge in [-0.25, -0.2) is 8.42 Å². The Labute approximate surface area is 134 Å². The van der Waals surface area contributed by atoms with Crippen LogP contribution in [0.3, 0.4) is 0 Å². The van der Waals surface area contributed by atoms with Crippen molar-refractivity contribution in [1.82, 2.24) is 0 Å². The van der Waals surface area contributed by atoms with Crippen molar-refractivity contribution in [3.8, 4) is 0 Å². The van der Waals surface area contributed by atoms with Crippen LogP contribution < -0.4 is 10.5 Å². The highest BCUT2D eigenvalue weighted by atomic mass is 35.5. The van der Waals surface area contributed by atoms with Crippen LogP contribution in [0.15, 0.2) is 40.4 Å². The highest BCUT2D eigenvalue weighted by Gasteiger charge is 2.21. The van der Waals surface area contributed by atoms with E-state index in [1.165, 1.54) is 18.2 Å². The summed E-state index contributed by atoms with van der Waals surface area (Å²) < 4.78 is 27.1. The Morgan fingerprint density at radius 1 is 1.33 bits per heavy atom. The van der Waals surface area contributed by atoms with Crippen LogP contribution in [0, 0.1) is 0 Å². The van der Waals surface area contributed by atoms with Gasteiger partial charge in [-0.05, 0) is 18.2 Å². The molecule has 0 spiro atoms. The number of benzene rings is 1. The molecular weight excluding hydrogens is 357 g/mol. The van der Waals surface area contributed by atoms with Crippen LogP contribution in [0.25, 0.3) is 0 Å². The van der Waals surface area contributed by atoms with Crippen molar-refractivity contribution in [2.24, 2.45) is 10.9 Å². The molecule has 0 fully saturated rings. The molecule has 6 nitrogen and oxygen atoms in total. The molecule has 0 atom stereocenters. The predicted molar refractivity (Wildman–Crippen MR) is 84.1 cm³/mol. The number of hydrogen-bond donors (Lipinski definition) is 3. The number of nitrogens with zero attached hydrogens (tertiary/aromatic N) is 1. The minimum atomic E-state index is -3.87. The standard InChI is InChI=1S/C11H9Cl2N3O3S2/c12-9-5-8(10(13)20-9)21(18,19)16-7-3-1-2-6(4-7)11(14)15-17/h1-5,16-17H,(H2,14,15). The molecule has 1 aromatic carbocycles. The molecule has 0 amide bonds. The Hall–Kier alpha value is -1.48. The number of hydrogen-bond acceptors (Lipinski definition) is 5. The molecule has 0 aliphatic rings. The Morgan fingerprint density at radius 3 is 2.62 bits per heavy atom. The summed E-state index contributed by atoms with van der Waals surface area (Å²) in [5, 5.41) is 11.5. The van der Waals surface area contributed by atoms with E-state index in [4.69, 9.17) is 34.1 Å². The minimum absolute atomic E-state index is 0.0695. The molecule has 0 radical (unpaired) electrons. The molecular formula is C11H9Cl2N3O3S2. The highest BCUT2D eigenvalue weighted by Crippen LogP contribution is 2.35. The first-order valence-corrected chi connectivity index (χ1v) is 8.44. The van der Waals surface area contributed by atoms with Gasteiger partial charge in [-0.1, -0.05) is 40.5 Å². The number of rotatable bonds is 4. The molecule has 0 bridgehead atoms. The number of amidine groups is 1. The van der Waals surface area contributed by atoms with Crippen LogP contribution >= 0.6 is 34.5 Å². The van der Waals surface area contributed by atoms with Crippen molar-refractivity contribution in [2.75, 3.05) is 4.72 Å². The van der Waals surface area contributed by atoms with Gasteiger partial charge in [0.25, 0.3) is 10.0 Å². The average Bonchev–Trinajstić information content (AvgIpc) is 2.77. The quantitative estimate of drug-likeness (QED) is 0.335. The third-order valence-corrected chi connectivity index (χ3v) is 5.57. The lowest BCUT2D eigenvalue weighted by Crippen LogP contribution is -2.15. The number of nitrogens with one attached hydrogen (secondary N) is 1. The Kier molecular flexibility index (Phi) is 4.62. The summed E-state index contributed by atoms with van der Waals surface area (Å²) in [4.78, 5) is -0.103. The van der Waals surface area contributed by atoms with E-state index in [0.29, 0.717) is 5.56 Å². The van der Waals surface area contributed by atoms with E-state index in [9.17, 15) is 8.42 Å². The maximum Gasteiger partial charge on any atom is 0.264 e. The molecule has 4 N–H and O–H groups in total. The lowest BCUT2D eigenvalue weighted by molar-refractivity contribution is 0.318. The maximum atomic E-state index is 12.2. The molecule has 0 saturated heterocycles. The molecule has 0 saturated carbocycles. The van der Waals surface area contributed by atoms with Crippen LogP contribution in [-0.2, 0) is 10.0 Å². The first-order chi connectivity index (χ1) is 9.83. The van der Waals surface area contributed by atoms with E-state index in [0.717, 1.165) is 11.3 Å². The summed E-state index contributed by atoms with van der Waals surface area (Å²) in [5.41, 5.74) is 6.07. The summed E-state index contributed by atoms with van der Waals surface area (Å²) in [6, 6.07) is 7.35. The summed E-state index contributed by atoms with van der Waals surface area (Å²) in [6.45, 7) is 0. The lowest BCUT2D eigenvalue weighted by atomic mass is 10.2. The van der Waals surface area contributed by atoms with Gasteiger partial charge in [0.2, 0.25) is 0 Å². The van der Waals surface area contributed by atoms with Crippen molar-refractivity contribution in [3.05, 3.63) is 44.6 Å². The SMILES string of the molecule is N/C(=N/O)c1cccc(NS(=O)(=O)c2cc(Cl)sc2Cl)c1. The monoisotopic (exact) mass is 365 g/mol. The van der Waals surface area contributed by atoms with Crippen molar-refractivity contribution in [3.63, 3.8) is 0 Å². The van der Waals surface area contributed by atoms with Crippen molar-refractivity contribution < 1.29 is 13.6 Å². The zero-order valence-electron chi connectivity index (χ0n) is 10.2. The minimum Gasteiger partial charge on any atom is -0.409 e. The Bertz CT molecular complexity index is 803. The van der Waals surface area contributed by atoms with Gasteiger partial charge in [0.05, 0.1) is 4.34 Å². The smallest absolute Gasteiger partial charge is 0.264 e. The molecule has 10 heteroatoms. The molecule has 1 aromatic heterocycles. The van der Waals surface area contributed by atoms with E-state index in [1.54, 1.807) is 12.1 Å². The van der Waals surface area contributed by atoms with Gasteiger partial charge in [-0.15, -0.1) is 11.3 Å². The van der Waals surface area contributed by atoms with Crippen molar-refractivity contribution in [2.45, 2.75) is 4.90 Å². The summed E-state index contributed by atoms with van der Waals surface area (Å²) in [5.74, 6) is -0.132. The maximum absolute atomic E-state index is 12.2. The fraction of sp³-hybridized carbons (Fsp3) is 0. The van der Waals surface area contributed by atoms with Gasteiger partial charge >= 0.3 is 0 Å². The fourth-order valence-electron chi connectivity index (χ4n) is 1.52. The van der Waals surface area contributed by atoms with E-state index < -0.39 is 10.0 Å². The molecule has 2 rings (SSSR count). The second-order valence-corrected chi connectivity index (χ2v) is 7.80. The third-order valence-electron chi connectivity index (χ3n) is 2.43. The predicted octanol–water partition coefficient (Wildman–Crippen LogP) is 2.95. The van der Waals surface area contributed by atoms with Crippen LogP contribution in [0.2, 0.25) is 8.67 Å². The zero-order chi connectivity index (χ0) is 15.6. The lowest BCUT2D eigenvalue weighted by Gasteiger charge is -2.08. The van der Waals surface area contributed by atoms with Gasteiger partial charge in [0.1, 0.15) is 9.23 Å². The van der Waals surface area contributed by atoms with Crippen molar-refractivity contribution in [1.29, 1.82) is 0 Å². The van der Waals surface area contributed by atoms with Crippen LogP contribution in [0.5, 0.6) is 0 Å². The normalized spacial score (nSPS) is 12.4. The van der Waals surface area contributed by atoms with Gasteiger partial charge in [0, 0.05) is 11.3 Å². The van der Waals surface area contributed by atoms with Gasteiger partial charge in [-0.3, -0.25) is 4.72 Å². The molecule has 112 valence electrons. The van der Waals surface area contributed by atoms with Crippen LogP contribution in [0.4, 0.5) is 5.69 Å². The molecule has 21 heavy (non-hydrogen) atoms. The second-order valence-electron chi connectivity index (χ2n) is 3.86. The first kappa shape index (κ1) is 15.9. The number of sulfonamides is 1. The first-order valence-electron chi connectivity index (χ1n) is 5.39. The number of oxime groups is 1. The number of anilines is 1. The van der Waals surface area contributed by atoms with E-state index in [-0.39, 0.29) is 25.1 Å². The van der Waals surface area contributed by atoms with Crippen molar-refractivity contribution >= 4 is 56.1 Å².